The Balaban J connectivity index is 3.46. The van der Waals surface area contributed by atoms with Crippen molar-refractivity contribution in [2.24, 2.45) is 0 Å². The van der Waals surface area contributed by atoms with Gasteiger partial charge in [-0.2, -0.15) is 0 Å². The quantitative estimate of drug-likeness (QED) is 0.580. The summed E-state index contributed by atoms with van der Waals surface area (Å²) in [6, 6.07) is 1.79. The van der Waals surface area contributed by atoms with Crippen LogP contribution in [-0.4, -0.2) is 0 Å². The summed E-state index contributed by atoms with van der Waals surface area (Å²) in [6.45, 7) is 6.03. The van der Waals surface area contributed by atoms with E-state index in [9.17, 15) is 0 Å². The Labute approximate surface area is 77.1 Å². The summed E-state index contributed by atoms with van der Waals surface area (Å²) in [5.41, 5.74) is 3.42. The van der Waals surface area contributed by atoms with Gasteiger partial charge >= 0.3 is 0 Å². The molecular weight excluding hydrogens is 179 g/mol. The molecule has 60 valence electrons. The summed E-state index contributed by atoms with van der Waals surface area (Å²) < 4.78 is 0. The van der Waals surface area contributed by atoms with Crippen molar-refractivity contribution < 1.29 is 0 Å². The maximum Gasteiger partial charge on any atom is 0.0452 e. The van der Waals surface area contributed by atoms with Crippen molar-refractivity contribution >= 4 is 23.2 Å². The first-order chi connectivity index (χ1) is 5.04. The van der Waals surface area contributed by atoms with Crippen LogP contribution >= 0.6 is 23.2 Å². The Kier molecular flexibility index (Phi) is 2.46. The number of halogens is 2. The highest BCUT2D eigenvalue weighted by atomic mass is 35.5. The predicted molar refractivity (Wildman–Crippen MR) is 50.7 cm³/mol. The zero-order valence-corrected chi connectivity index (χ0v) is 8.35. The Morgan fingerprint density at radius 3 is 1.55 bits per heavy atom. The topological polar surface area (TPSA) is 0 Å². The molecule has 0 N–H and O–H groups in total. The number of hydrogen-bond acceptors (Lipinski definition) is 0. The fourth-order valence-electron chi connectivity index (χ4n) is 0.967. The molecule has 0 radical (unpaired) electrons. The Bertz CT molecular complexity index is 264. The third-order valence-electron chi connectivity index (χ3n) is 2.09. The van der Waals surface area contributed by atoms with Crippen LogP contribution in [0.1, 0.15) is 16.7 Å². The molecule has 0 bridgehead atoms. The van der Waals surface area contributed by atoms with Crippen molar-refractivity contribution in [2.75, 3.05) is 0 Å². The zero-order chi connectivity index (χ0) is 8.59. The molecule has 0 atom stereocenters. The second-order valence-electron chi connectivity index (χ2n) is 2.72. The van der Waals surface area contributed by atoms with Gasteiger partial charge in [0.2, 0.25) is 0 Å². The second kappa shape index (κ2) is 3.04. The summed E-state index contributed by atoms with van der Waals surface area (Å²) in [5.74, 6) is 0. The second-order valence-corrected chi connectivity index (χ2v) is 3.53. The van der Waals surface area contributed by atoms with Crippen LogP contribution in [-0.2, 0) is 0 Å². The van der Waals surface area contributed by atoms with Gasteiger partial charge in [0.15, 0.2) is 0 Å². The summed E-state index contributed by atoms with van der Waals surface area (Å²) in [7, 11) is 0. The maximum atomic E-state index is 5.91. The number of benzene rings is 1. The third kappa shape index (κ3) is 1.52. The average Bonchev–Trinajstić information content (AvgIpc) is 1.97. The minimum Gasteiger partial charge on any atom is -0.0840 e. The lowest BCUT2D eigenvalue weighted by Crippen LogP contribution is -1.88. The molecule has 0 aliphatic rings. The van der Waals surface area contributed by atoms with E-state index in [4.69, 9.17) is 23.2 Å². The molecule has 0 fully saturated rings. The van der Waals surface area contributed by atoms with E-state index in [1.54, 1.807) is 6.07 Å². The SMILES string of the molecule is Cc1c(Cl)cc(Cl)c(C)c1C. The molecule has 0 heterocycles. The van der Waals surface area contributed by atoms with Gasteiger partial charge in [-0.3, -0.25) is 0 Å². The van der Waals surface area contributed by atoms with Crippen molar-refractivity contribution in [3.05, 3.63) is 32.8 Å². The van der Waals surface area contributed by atoms with Crippen LogP contribution in [0, 0.1) is 20.8 Å². The van der Waals surface area contributed by atoms with Gasteiger partial charge in [-0.25, -0.2) is 0 Å². The van der Waals surface area contributed by atoms with Crippen LogP contribution < -0.4 is 0 Å². The zero-order valence-electron chi connectivity index (χ0n) is 6.83. The van der Waals surface area contributed by atoms with Gasteiger partial charge in [0.1, 0.15) is 0 Å². The molecule has 0 spiro atoms. The van der Waals surface area contributed by atoms with Crippen LogP contribution in [0.2, 0.25) is 10.0 Å². The van der Waals surface area contributed by atoms with Gasteiger partial charge in [0.25, 0.3) is 0 Å². The fraction of sp³-hybridized carbons (Fsp3) is 0.333. The summed E-state index contributed by atoms with van der Waals surface area (Å²) in [4.78, 5) is 0. The van der Waals surface area contributed by atoms with Gasteiger partial charge < -0.3 is 0 Å². The van der Waals surface area contributed by atoms with Crippen molar-refractivity contribution in [1.29, 1.82) is 0 Å². The number of rotatable bonds is 0. The lowest BCUT2D eigenvalue weighted by molar-refractivity contribution is 1.27. The molecule has 0 amide bonds. The van der Waals surface area contributed by atoms with E-state index in [-0.39, 0.29) is 0 Å². The van der Waals surface area contributed by atoms with Crippen molar-refractivity contribution in [1.82, 2.24) is 0 Å². The average molecular weight is 189 g/mol. The molecule has 0 aromatic heterocycles. The van der Waals surface area contributed by atoms with Crippen LogP contribution in [0.5, 0.6) is 0 Å². The highest BCUT2D eigenvalue weighted by Gasteiger charge is 2.05. The molecule has 0 saturated heterocycles. The molecule has 1 aromatic carbocycles. The molecular formula is C9H10Cl2. The first kappa shape index (κ1) is 8.89. The molecule has 0 unspecified atom stereocenters. The van der Waals surface area contributed by atoms with E-state index in [1.165, 1.54) is 5.56 Å². The van der Waals surface area contributed by atoms with Crippen LogP contribution in [0.25, 0.3) is 0 Å². The Hall–Kier alpha value is -0.200. The molecule has 1 aromatic rings. The fourth-order valence-corrected chi connectivity index (χ4v) is 1.52. The van der Waals surface area contributed by atoms with Crippen molar-refractivity contribution in [3.63, 3.8) is 0 Å². The van der Waals surface area contributed by atoms with Crippen LogP contribution in [0.3, 0.4) is 0 Å². The van der Waals surface area contributed by atoms with Gasteiger partial charge in [-0.1, -0.05) is 23.2 Å². The smallest absolute Gasteiger partial charge is 0.0452 e. The molecule has 0 aliphatic heterocycles. The third-order valence-corrected chi connectivity index (χ3v) is 2.88. The van der Waals surface area contributed by atoms with E-state index in [2.05, 4.69) is 0 Å². The van der Waals surface area contributed by atoms with E-state index in [0.717, 1.165) is 21.2 Å². The summed E-state index contributed by atoms with van der Waals surface area (Å²) >= 11 is 11.8. The molecule has 0 aliphatic carbocycles. The lowest BCUT2D eigenvalue weighted by atomic mass is 10.0. The standard InChI is InChI=1S/C9H10Cl2/c1-5-6(2)8(10)4-9(11)7(5)3/h4H,1-3H3. The van der Waals surface area contributed by atoms with Gasteiger partial charge in [-0.05, 0) is 43.5 Å². The summed E-state index contributed by atoms with van der Waals surface area (Å²) in [5, 5.41) is 1.50. The lowest BCUT2D eigenvalue weighted by Gasteiger charge is -2.07. The maximum absolute atomic E-state index is 5.91. The summed E-state index contributed by atoms with van der Waals surface area (Å²) in [6.07, 6.45) is 0. The van der Waals surface area contributed by atoms with E-state index in [0.29, 0.717) is 0 Å². The minimum absolute atomic E-state index is 0.748. The highest BCUT2D eigenvalue weighted by Crippen LogP contribution is 2.28. The van der Waals surface area contributed by atoms with Crippen molar-refractivity contribution in [3.8, 4) is 0 Å². The molecule has 0 saturated carbocycles. The molecule has 2 heteroatoms. The predicted octanol–water partition coefficient (Wildman–Crippen LogP) is 3.92. The number of hydrogen-bond donors (Lipinski definition) is 0. The Morgan fingerprint density at radius 2 is 1.18 bits per heavy atom. The first-order valence-corrected chi connectivity index (χ1v) is 4.21. The Morgan fingerprint density at radius 1 is 0.818 bits per heavy atom. The van der Waals surface area contributed by atoms with Gasteiger partial charge in [-0.15, -0.1) is 0 Å². The molecule has 1 rings (SSSR count). The van der Waals surface area contributed by atoms with Gasteiger partial charge in [0.05, 0.1) is 0 Å². The van der Waals surface area contributed by atoms with Crippen LogP contribution in [0.4, 0.5) is 0 Å². The van der Waals surface area contributed by atoms with Crippen molar-refractivity contribution in [2.45, 2.75) is 20.8 Å². The van der Waals surface area contributed by atoms with Crippen LogP contribution in [0.15, 0.2) is 6.07 Å². The molecule has 0 nitrogen and oxygen atoms in total. The molecule has 11 heavy (non-hydrogen) atoms. The minimum atomic E-state index is 0.748. The van der Waals surface area contributed by atoms with E-state index in [1.807, 2.05) is 20.8 Å². The monoisotopic (exact) mass is 188 g/mol. The highest BCUT2D eigenvalue weighted by molar-refractivity contribution is 6.35. The van der Waals surface area contributed by atoms with Gasteiger partial charge in [0, 0.05) is 10.0 Å². The largest absolute Gasteiger partial charge is 0.0840 e. The van der Waals surface area contributed by atoms with E-state index >= 15 is 0 Å². The first-order valence-electron chi connectivity index (χ1n) is 3.46. The van der Waals surface area contributed by atoms with E-state index < -0.39 is 0 Å². The normalized spacial score (nSPS) is 10.3.